The van der Waals surface area contributed by atoms with E-state index in [2.05, 4.69) is 192 Å². The lowest BCUT2D eigenvalue weighted by atomic mass is 9.32. The van der Waals surface area contributed by atoms with Gasteiger partial charge in [-0.2, -0.15) is 0 Å². The number of nitrogens with zero attached hydrogens (tertiary/aromatic N) is 2. The third-order valence-electron chi connectivity index (χ3n) is 12.1. The van der Waals surface area contributed by atoms with E-state index in [0.717, 1.165) is 16.9 Å². The van der Waals surface area contributed by atoms with E-state index < -0.39 is 0 Å². The third kappa shape index (κ3) is 4.54. The number of hydrogen-bond donors (Lipinski definition) is 0. The van der Waals surface area contributed by atoms with Gasteiger partial charge >= 0.3 is 0 Å². The zero-order valence-corrected chi connectivity index (χ0v) is 32.0. The summed E-state index contributed by atoms with van der Waals surface area (Å²) in [5.74, 6) is 0. The fourth-order valence-electron chi connectivity index (χ4n) is 9.41. The minimum absolute atomic E-state index is 0.0203. The maximum Gasteiger partial charge on any atom is 0.292 e. The summed E-state index contributed by atoms with van der Waals surface area (Å²) in [6.07, 6.45) is 0. The molecule has 0 atom stereocenters. The Hall–Kier alpha value is -5.48. The van der Waals surface area contributed by atoms with Crippen LogP contribution in [0.15, 0.2) is 132 Å². The molecule has 0 aliphatic carbocycles. The van der Waals surface area contributed by atoms with Gasteiger partial charge in [0.05, 0.1) is 16.7 Å². The van der Waals surface area contributed by atoms with Crippen molar-refractivity contribution < 1.29 is 4.42 Å². The zero-order valence-electron chi connectivity index (χ0n) is 32.0. The summed E-state index contributed by atoms with van der Waals surface area (Å²) in [6.45, 7) is 18.5. The first-order valence-electron chi connectivity index (χ1n) is 19.1. The zero-order chi connectivity index (χ0) is 36.6. The second-order valence-electron chi connectivity index (χ2n) is 17.8. The van der Waals surface area contributed by atoms with Crippen LogP contribution < -0.4 is 21.5 Å². The first-order valence-corrected chi connectivity index (χ1v) is 19.1. The van der Waals surface area contributed by atoms with Crippen LogP contribution in [-0.2, 0) is 16.2 Å². The summed E-state index contributed by atoms with van der Waals surface area (Å²) in [6, 6.07) is 47.7. The Bertz CT molecular complexity index is 2730. The molecule has 0 radical (unpaired) electrons. The van der Waals surface area contributed by atoms with Gasteiger partial charge < -0.3 is 13.9 Å². The summed E-state index contributed by atoms with van der Waals surface area (Å²) >= 11 is 0. The van der Waals surface area contributed by atoms with E-state index in [9.17, 15) is 0 Å². The molecule has 2 aliphatic heterocycles. The molecule has 0 fully saturated rings. The van der Waals surface area contributed by atoms with E-state index in [-0.39, 0.29) is 23.0 Å². The molecule has 260 valence electrons. The van der Waals surface area contributed by atoms with Crippen LogP contribution in [0.5, 0.6) is 0 Å². The predicted octanol–water partition coefficient (Wildman–Crippen LogP) is 11.1. The van der Waals surface area contributed by atoms with Crippen molar-refractivity contribution in [3.63, 3.8) is 0 Å². The van der Waals surface area contributed by atoms with Crippen molar-refractivity contribution in [1.29, 1.82) is 0 Å². The highest BCUT2D eigenvalue weighted by Gasteiger charge is 2.49. The van der Waals surface area contributed by atoms with E-state index in [0.29, 0.717) is 0 Å². The van der Waals surface area contributed by atoms with E-state index in [1.807, 2.05) is 0 Å². The fourth-order valence-corrected chi connectivity index (χ4v) is 9.41. The summed E-state index contributed by atoms with van der Waals surface area (Å²) < 4.78 is 9.57. The summed E-state index contributed by atoms with van der Waals surface area (Å²) in [7, 11) is 0. The van der Waals surface area contributed by atoms with Crippen molar-refractivity contribution in [1.82, 2.24) is 4.57 Å². The molecule has 0 N–H and O–H groups in total. The molecule has 0 saturated heterocycles. The molecule has 0 amide bonds. The SMILES string of the molecule is CC(C)(C)c1ccc(N2c3ccccc3B3c4oc5ccc(C(C)(C)C)cc5c4C(C)(C)c4cc(-n5c6ccccc6c6ccccc65)cc2c43)cc1. The smallest absolute Gasteiger partial charge is 0.292 e. The van der Waals surface area contributed by atoms with Gasteiger partial charge in [-0.1, -0.05) is 128 Å². The van der Waals surface area contributed by atoms with Crippen LogP contribution in [0.25, 0.3) is 38.5 Å². The Morgan fingerprint density at radius 3 is 1.83 bits per heavy atom. The molecule has 10 rings (SSSR count). The molecule has 4 heterocycles. The number of aromatic nitrogens is 1. The minimum Gasteiger partial charge on any atom is -0.470 e. The summed E-state index contributed by atoms with van der Waals surface area (Å²) in [4.78, 5) is 2.51. The van der Waals surface area contributed by atoms with Crippen molar-refractivity contribution in [3.8, 4) is 5.69 Å². The first-order chi connectivity index (χ1) is 25.3. The van der Waals surface area contributed by atoms with Gasteiger partial charge in [0.25, 0.3) is 6.71 Å². The Kier molecular flexibility index (Phi) is 6.56. The number of hydrogen-bond acceptors (Lipinski definition) is 2. The van der Waals surface area contributed by atoms with Gasteiger partial charge in [-0.3, -0.25) is 0 Å². The van der Waals surface area contributed by atoms with E-state index >= 15 is 0 Å². The average molecular weight is 689 g/mol. The predicted molar refractivity (Wildman–Crippen MR) is 226 cm³/mol. The molecule has 4 heteroatoms. The van der Waals surface area contributed by atoms with Crippen LogP contribution >= 0.6 is 0 Å². The topological polar surface area (TPSA) is 21.3 Å². The summed E-state index contributed by atoms with van der Waals surface area (Å²) in [5, 5.41) is 3.76. The van der Waals surface area contributed by atoms with E-state index in [1.165, 1.54) is 77.4 Å². The van der Waals surface area contributed by atoms with E-state index in [1.54, 1.807) is 0 Å². The lowest BCUT2D eigenvalue weighted by molar-refractivity contribution is 0.590. The quantitative estimate of drug-likeness (QED) is 0.169. The van der Waals surface area contributed by atoms with Gasteiger partial charge in [-0.05, 0) is 93.0 Å². The molecule has 0 saturated carbocycles. The van der Waals surface area contributed by atoms with Crippen molar-refractivity contribution in [3.05, 3.63) is 150 Å². The maximum absolute atomic E-state index is 7.09. The lowest BCUT2D eigenvalue weighted by Gasteiger charge is -2.44. The molecule has 3 nitrogen and oxygen atoms in total. The molecule has 0 spiro atoms. The van der Waals surface area contributed by atoms with Crippen LogP contribution in [0.3, 0.4) is 0 Å². The molecular weight excluding hydrogens is 643 g/mol. The molecule has 2 aliphatic rings. The third-order valence-corrected chi connectivity index (χ3v) is 12.1. The van der Waals surface area contributed by atoms with Crippen LogP contribution in [0.1, 0.15) is 77.6 Å². The van der Waals surface area contributed by atoms with Crippen molar-refractivity contribution in [2.45, 2.75) is 71.6 Å². The Balaban J connectivity index is 1.33. The second kappa shape index (κ2) is 10.8. The van der Waals surface area contributed by atoms with Gasteiger partial charge in [-0.25, -0.2) is 0 Å². The molecular formula is C49H45BN2O. The molecule has 2 aromatic heterocycles. The molecule has 53 heavy (non-hydrogen) atoms. The first kappa shape index (κ1) is 32.2. The number of rotatable bonds is 2. The number of para-hydroxylation sites is 3. The number of benzene rings is 6. The number of anilines is 3. The monoisotopic (exact) mass is 688 g/mol. The van der Waals surface area contributed by atoms with Gasteiger partial charge in [0.1, 0.15) is 5.58 Å². The van der Waals surface area contributed by atoms with Crippen LogP contribution in [0.2, 0.25) is 0 Å². The summed E-state index contributed by atoms with van der Waals surface area (Å²) in [5.41, 5.74) is 16.9. The Morgan fingerprint density at radius 1 is 0.566 bits per heavy atom. The lowest BCUT2D eigenvalue weighted by Crippen LogP contribution is -2.63. The van der Waals surface area contributed by atoms with Gasteiger partial charge in [0.15, 0.2) is 0 Å². The van der Waals surface area contributed by atoms with Gasteiger partial charge in [-0.15, -0.1) is 0 Å². The van der Waals surface area contributed by atoms with Crippen molar-refractivity contribution in [2.75, 3.05) is 4.90 Å². The Morgan fingerprint density at radius 2 is 1.17 bits per heavy atom. The standard InChI is InChI=1S/C49H45BN2O/c1-47(2,3)30-21-24-32(25-22-30)51-41-20-14-11-17-38(41)50-45-37(49(7,8)44-36-27-31(48(4,5)6)23-26-43(36)53-46(44)50)28-33(29-42(45)51)52-39-18-12-9-15-34(39)35-16-10-13-19-40(35)52/h9-29H,1-8H3. The molecule has 0 unspecified atom stereocenters. The van der Waals surface area contributed by atoms with Gasteiger partial charge in [0, 0.05) is 49.9 Å². The minimum atomic E-state index is -0.347. The second-order valence-corrected chi connectivity index (χ2v) is 17.8. The van der Waals surface area contributed by atoms with Crippen LogP contribution in [0.4, 0.5) is 17.1 Å². The van der Waals surface area contributed by atoms with Crippen molar-refractivity contribution >= 4 is 73.1 Å². The molecule has 0 bridgehead atoms. The molecule has 8 aromatic rings. The highest BCUT2D eigenvalue weighted by atomic mass is 16.3. The van der Waals surface area contributed by atoms with Crippen molar-refractivity contribution in [2.24, 2.45) is 0 Å². The average Bonchev–Trinajstić information content (AvgIpc) is 3.69. The number of furan rings is 1. The molecule has 6 aromatic carbocycles. The number of fused-ring (bicyclic) bond motifs is 9. The maximum atomic E-state index is 7.09. The largest absolute Gasteiger partial charge is 0.470 e. The van der Waals surface area contributed by atoms with Crippen LogP contribution in [0, 0.1) is 0 Å². The van der Waals surface area contributed by atoms with E-state index in [4.69, 9.17) is 4.42 Å². The highest BCUT2D eigenvalue weighted by molar-refractivity contribution is 6.98. The van der Waals surface area contributed by atoms with Crippen LogP contribution in [-0.4, -0.2) is 11.3 Å². The normalized spacial score (nSPS) is 14.9. The van der Waals surface area contributed by atoms with Gasteiger partial charge in [0.2, 0.25) is 0 Å². The fraction of sp³-hybridized carbons (Fsp3) is 0.224. The highest BCUT2D eigenvalue weighted by Crippen LogP contribution is 2.47. The Labute approximate surface area is 313 Å².